The average Bonchev–Trinajstić information content (AvgIpc) is 3.02. The van der Waals surface area contributed by atoms with E-state index in [0.29, 0.717) is 12.3 Å². The third-order valence-electron chi connectivity index (χ3n) is 4.95. The van der Waals surface area contributed by atoms with E-state index in [1.165, 1.54) is 19.2 Å². The Balaban J connectivity index is 1.63. The highest BCUT2D eigenvalue weighted by Gasteiger charge is 2.28. The molecule has 0 amide bonds. The van der Waals surface area contributed by atoms with Crippen molar-refractivity contribution in [3.05, 3.63) is 42.7 Å². The van der Waals surface area contributed by atoms with Gasteiger partial charge < -0.3 is 10.4 Å². The van der Waals surface area contributed by atoms with Gasteiger partial charge in [0.15, 0.2) is 0 Å². The molecule has 0 radical (unpaired) electrons. The monoisotopic (exact) mass is 337 g/mol. The van der Waals surface area contributed by atoms with Gasteiger partial charge in [-0.05, 0) is 12.8 Å². The molecule has 1 aromatic carbocycles. The highest BCUT2D eigenvalue weighted by Crippen LogP contribution is 2.28. The fourth-order valence-corrected chi connectivity index (χ4v) is 3.51. The number of hydrogen-bond donors (Lipinski definition) is 2. The Morgan fingerprint density at radius 1 is 1.08 bits per heavy atom. The molecule has 0 unspecified atom stereocenters. The predicted octanol–water partition coefficient (Wildman–Crippen LogP) is 3.29. The molecule has 1 aliphatic carbocycles. The van der Waals surface area contributed by atoms with E-state index >= 15 is 0 Å². The van der Waals surface area contributed by atoms with Crippen molar-refractivity contribution in [2.45, 2.75) is 44.1 Å². The molecule has 1 aliphatic rings. The lowest BCUT2D eigenvalue weighted by Gasteiger charge is -2.27. The molecule has 0 saturated heterocycles. The number of aliphatic hydroxyl groups is 1. The van der Waals surface area contributed by atoms with Crippen molar-refractivity contribution in [3.8, 4) is 11.3 Å². The Kier molecular flexibility index (Phi) is 4.36. The first-order chi connectivity index (χ1) is 12.2. The van der Waals surface area contributed by atoms with Gasteiger partial charge in [0.2, 0.25) is 0 Å². The number of nitrogens with zero attached hydrogens (tertiary/aromatic N) is 4. The largest absolute Gasteiger partial charge is 0.388 e. The molecule has 2 N–H and O–H groups in total. The van der Waals surface area contributed by atoms with Crippen LogP contribution in [0.15, 0.2) is 42.7 Å². The van der Waals surface area contributed by atoms with Gasteiger partial charge in [-0.2, -0.15) is 14.6 Å². The van der Waals surface area contributed by atoms with Crippen LogP contribution in [0, 0.1) is 0 Å². The topological polar surface area (TPSA) is 75.3 Å². The van der Waals surface area contributed by atoms with Gasteiger partial charge in [-0.25, -0.2) is 4.98 Å². The first-order valence-electron chi connectivity index (χ1n) is 8.96. The lowest BCUT2D eigenvalue weighted by Crippen LogP contribution is -2.36. The number of nitrogens with one attached hydrogen (secondary N) is 1. The first kappa shape index (κ1) is 16.0. The highest BCUT2D eigenvalue weighted by atomic mass is 16.3. The first-order valence-corrected chi connectivity index (χ1v) is 8.96. The van der Waals surface area contributed by atoms with Gasteiger partial charge in [0.25, 0.3) is 5.78 Å². The van der Waals surface area contributed by atoms with Gasteiger partial charge in [0.1, 0.15) is 12.1 Å². The van der Waals surface area contributed by atoms with E-state index in [9.17, 15) is 5.11 Å². The van der Waals surface area contributed by atoms with Crippen molar-refractivity contribution in [1.29, 1.82) is 0 Å². The summed E-state index contributed by atoms with van der Waals surface area (Å²) < 4.78 is 1.69. The Morgan fingerprint density at radius 3 is 2.60 bits per heavy atom. The lowest BCUT2D eigenvalue weighted by molar-refractivity contribution is 0.0380. The number of anilines is 1. The van der Waals surface area contributed by atoms with Gasteiger partial charge >= 0.3 is 0 Å². The zero-order chi connectivity index (χ0) is 17.1. The van der Waals surface area contributed by atoms with Crippen molar-refractivity contribution >= 4 is 11.6 Å². The summed E-state index contributed by atoms with van der Waals surface area (Å²) in [5.41, 5.74) is 1.22. The van der Waals surface area contributed by atoms with Crippen LogP contribution in [-0.2, 0) is 0 Å². The molecule has 1 fully saturated rings. The third-order valence-corrected chi connectivity index (χ3v) is 4.95. The molecular formula is C19H23N5O. The molecule has 25 heavy (non-hydrogen) atoms. The summed E-state index contributed by atoms with van der Waals surface area (Å²) in [6, 6.07) is 12.0. The predicted molar refractivity (Wildman–Crippen MR) is 97.4 cm³/mol. The van der Waals surface area contributed by atoms with E-state index in [1.54, 1.807) is 4.52 Å². The SMILES string of the molecule is OC1(CNc2cc(-c3ccccc3)nc3ncnn23)CCCCCC1. The number of fused-ring (bicyclic) bond motifs is 1. The van der Waals surface area contributed by atoms with Crippen molar-refractivity contribution < 1.29 is 5.11 Å². The summed E-state index contributed by atoms with van der Waals surface area (Å²) in [5.74, 6) is 1.36. The van der Waals surface area contributed by atoms with Gasteiger partial charge in [-0.15, -0.1) is 0 Å². The maximum Gasteiger partial charge on any atom is 0.254 e. The second-order valence-electron chi connectivity index (χ2n) is 6.86. The van der Waals surface area contributed by atoms with Gasteiger partial charge in [-0.3, -0.25) is 0 Å². The van der Waals surface area contributed by atoms with Crippen molar-refractivity contribution in [2.24, 2.45) is 0 Å². The maximum absolute atomic E-state index is 10.9. The molecule has 2 heterocycles. The third kappa shape index (κ3) is 3.49. The summed E-state index contributed by atoms with van der Waals surface area (Å²) in [4.78, 5) is 8.81. The molecular weight excluding hydrogens is 314 g/mol. The van der Waals surface area contributed by atoms with Crippen LogP contribution >= 0.6 is 0 Å². The molecule has 2 aromatic heterocycles. The number of rotatable bonds is 4. The normalized spacial score (nSPS) is 17.3. The van der Waals surface area contributed by atoms with Crippen molar-refractivity contribution in [3.63, 3.8) is 0 Å². The van der Waals surface area contributed by atoms with Crippen molar-refractivity contribution in [1.82, 2.24) is 19.6 Å². The fourth-order valence-electron chi connectivity index (χ4n) is 3.51. The van der Waals surface area contributed by atoms with Gasteiger partial charge in [0.05, 0.1) is 11.3 Å². The van der Waals surface area contributed by atoms with Crippen LogP contribution in [0.2, 0.25) is 0 Å². The Morgan fingerprint density at radius 2 is 1.84 bits per heavy atom. The second kappa shape index (κ2) is 6.80. The summed E-state index contributed by atoms with van der Waals surface area (Å²) in [6.45, 7) is 0.514. The van der Waals surface area contributed by atoms with Gasteiger partial charge in [-0.1, -0.05) is 56.0 Å². The molecule has 3 aromatic rings. The molecule has 0 atom stereocenters. The molecule has 1 saturated carbocycles. The number of hydrogen-bond acceptors (Lipinski definition) is 5. The Labute approximate surface area is 146 Å². The van der Waals surface area contributed by atoms with Gasteiger partial charge in [0, 0.05) is 18.2 Å². The van der Waals surface area contributed by atoms with Crippen LogP contribution in [-0.4, -0.2) is 36.8 Å². The number of aromatic nitrogens is 4. The van der Waals surface area contributed by atoms with Crippen LogP contribution < -0.4 is 5.32 Å². The molecule has 130 valence electrons. The standard InChI is InChI=1S/C19H23N5O/c25-19(10-6-1-2-7-11-19)13-20-17-12-16(15-8-4-3-5-9-15)23-18-21-14-22-24(17)18/h3-5,8-9,12,14,20,25H,1-2,6-7,10-11,13H2. The van der Waals surface area contributed by atoms with E-state index in [4.69, 9.17) is 0 Å². The Hall–Kier alpha value is -2.47. The molecule has 6 nitrogen and oxygen atoms in total. The van der Waals surface area contributed by atoms with E-state index < -0.39 is 5.60 Å². The smallest absolute Gasteiger partial charge is 0.254 e. The molecule has 4 rings (SSSR count). The minimum atomic E-state index is -0.653. The second-order valence-corrected chi connectivity index (χ2v) is 6.86. The van der Waals surface area contributed by atoms with E-state index in [0.717, 1.165) is 42.8 Å². The molecule has 0 bridgehead atoms. The van der Waals surface area contributed by atoms with Crippen molar-refractivity contribution in [2.75, 3.05) is 11.9 Å². The summed E-state index contributed by atoms with van der Waals surface area (Å²) in [5, 5.41) is 18.5. The molecule has 0 aliphatic heterocycles. The number of benzene rings is 1. The van der Waals surface area contributed by atoms with E-state index in [1.807, 2.05) is 36.4 Å². The fraction of sp³-hybridized carbons (Fsp3) is 0.421. The van der Waals surface area contributed by atoms with Crippen LogP contribution in [0.1, 0.15) is 38.5 Å². The maximum atomic E-state index is 10.9. The van der Waals surface area contributed by atoms with E-state index in [-0.39, 0.29) is 0 Å². The Bertz CT molecular complexity index is 837. The van der Waals surface area contributed by atoms with Crippen LogP contribution in [0.3, 0.4) is 0 Å². The molecule has 0 spiro atoms. The van der Waals surface area contributed by atoms with Crippen LogP contribution in [0.4, 0.5) is 5.82 Å². The summed E-state index contributed by atoms with van der Waals surface area (Å²) in [6.07, 6.45) is 7.79. The zero-order valence-corrected chi connectivity index (χ0v) is 14.2. The average molecular weight is 337 g/mol. The minimum Gasteiger partial charge on any atom is -0.388 e. The van der Waals surface area contributed by atoms with Crippen LogP contribution in [0.5, 0.6) is 0 Å². The zero-order valence-electron chi connectivity index (χ0n) is 14.2. The van der Waals surface area contributed by atoms with E-state index in [2.05, 4.69) is 20.4 Å². The minimum absolute atomic E-state index is 0.514. The molecule has 6 heteroatoms. The summed E-state index contributed by atoms with van der Waals surface area (Å²) >= 11 is 0. The lowest BCUT2D eigenvalue weighted by atomic mass is 9.94. The highest BCUT2D eigenvalue weighted by molar-refractivity contribution is 5.65. The van der Waals surface area contributed by atoms with Crippen LogP contribution in [0.25, 0.3) is 17.0 Å². The quantitative estimate of drug-likeness (QED) is 0.715. The summed E-state index contributed by atoms with van der Waals surface area (Å²) in [7, 11) is 0.